The summed E-state index contributed by atoms with van der Waals surface area (Å²) in [7, 11) is -4.46. The van der Waals surface area contributed by atoms with Crippen LogP contribution in [0.5, 0.6) is 0 Å². The quantitative estimate of drug-likeness (QED) is 0.0668. The fourth-order valence-corrected chi connectivity index (χ4v) is 12.0. The minimum atomic E-state index is -4.46. The average molecular weight is 698 g/mol. The van der Waals surface area contributed by atoms with Gasteiger partial charge in [-0.15, -0.1) is 0 Å². The minimum absolute atomic E-state index is 0.0156. The predicted molar refractivity (Wildman–Crippen MR) is 197 cm³/mol. The van der Waals surface area contributed by atoms with Gasteiger partial charge in [-0.2, -0.15) is 8.42 Å². The lowest BCUT2D eigenvalue weighted by molar-refractivity contribution is -0.167. The number of unbranched alkanes of at least 4 members (excludes halogenated alkanes) is 1. The Kier molecular flexibility index (Phi) is 15.1. The molecule has 0 aromatic carbocycles. The lowest BCUT2D eigenvalue weighted by Crippen LogP contribution is -2.59. The third kappa shape index (κ3) is 10.4. The number of hydrogen-bond donors (Lipinski definition) is 5. The van der Waals surface area contributed by atoms with E-state index in [1.807, 2.05) is 13.8 Å². The van der Waals surface area contributed by atoms with Crippen molar-refractivity contribution in [1.29, 1.82) is 0 Å². The van der Waals surface area contributed by atoms with E-state index in [9.17, 15) is 18.1 Å². The number of nitrogens with one attached hydrogen (secondary N) is 3. The van der Waals surface area contributed by atoms with Crippen LogP contribution in [-0.2, 0) is 14.6 Å². The van der Waals surface area contributed by atoms with E-state index in [2.05, 4.69) is 50.6 Å². The molecule has 0 saturated heterocycles. The smallest absolute Gasteiger partial charge is 0.393 e. The van der Waals surface area contributed by atoms with Crippen molar-refractivity contribution in [2.75, 3.05) is 32.7 Å². The molecular weight excluding hydrogens is 623 g/mol. The first-order valence-corrected chi connectivity index (χ1v) is 21.5. The Morgan fingerprint density at radius 2 is 1.42 bits per heavy atom. The van der Waals surface area contributed by atoms with Gasteiger partial charge in [-0.25, -0.2) is 4.18 Å². The molecule has 0 radical (unpaired) electrons. The van der Waals surface area contributed by atoms with Crippen LogP contribution >= 0.6 is 0 Å². The van der Waals surface area contributed by atoms with Crippen LogP contribution in [0.4, 0.5) is 0 Å². The molecule has 4 rings (SSSR count). The summed E-state index contributed by atoms with van der Waals surface area (Å²) in [6, 6.07) is 0.578. The zero-order valence-corrected chi connectivity index (χ0v) is 32.6. The number of hydrogen-bond acceptors (Lipinski definition) is 7. The highest BCUT2D eigenvalue weighted by atomic mass is 32.3. The van der Waals surface area contributed by atoms with Crippen molar-refractivity contribution < 1.29 is 22.3 Å². The molecule has 4 aliphatic rings. The molecule has 11 atom stereocenters. The van der Waals surface area contributed by atoms with E-state index in [-0.39, 0.29) is 17.4 Å². The van der Waals surface area contributed by atoms with Crippen LogP contribution in [0.3, 0.4) is 0 Å². The summed E-state index contributed by atoms with van der Waals surface area (Å²) >= 11 is 0. The lowest BCUT2D eigenvalue weighted by Gasteiger charge is -2.62. The second kappa shape index (κ2) is 18.0. The average Bonchev–Trinajstić information content (AvgIpc) is 3.36. The zero-order chi connectivity index (χ0) is 35.1. The fraction of sp³-hybridized carbons (Fsp3) is 1.00. The van der Waals surface area contributed by atoms with Gasteiger partial charge < -0.3 is 21.1 Å². The fourth-order valence-electron chi connectivity index (χ4n) is 11.3. The normalized spacial score (nSPS) is 36.5. The van der Waals surface area contributed by atoms with E-state index in [0.29, 0.717) is 53.4 Å². The Balaban J connectivity index is 1.21. The molecule has 0 aromatic heterocycles. The highest BCUT2D eigenvalue weighted by molar-refractivity contribution is 7.80. The molecule has 4 fully saturated rings. The molecule has 0 heterocycles. The molecule has 4 aliphatic carbocycles. The van der Waals surface area contributed by atoms with Gasteiger partial charge in [-0.3, -0.25) is 4.55 Å². The van der Waals surface area contributed by atoms with Gasteiger partial charge >= 0.3 is 10.4 Å². The lowest BCUT2D eigenvalue weighted by atomic mass is 9.43. The Hall–Kier alpha value is -0.290. The monoisotopic (exact) mass is 698 g/mol. The van der Waals surface area contributed by atoms with Gasteiger partial charge in [0.05, 0.1) is 12.2 Å². The van der Waals surface area contributed by atoms with Crippen LogP contribution in [0.2, 0.25) is 0 Å². The summed E-state index contributed by atoms with van der Waals surface area (Å²) in [4.78, 5) is 0. The molecule has 0 bridgehead atoms. The maximum Gasteiger partial charge on any atom is 0.397 e. The van der Waals surface area contributed by atoms with E-state index in [4.69, 9.17) is 4.18 Å². The number of fused-ring (bicyclic) bond motifs is 5. The maximum absolute atomic E-state index is 11.8. The first kappa shape index (κ1) is 40.5. The van der Waals surface area contributed by atoms with Gasteiger partial charge in [0.2, 0.25) is 0 Å². The van der Waals surface area contributed by atoms with Gasteiger partial charge in [0.1, 0.15) is 0 Å². The summed E-state index contributed by atoms with van der Waals surface area (Å²) in [6.45, 7) is 21.4. The minimum Gasteiger partial charge on any atom is -0.393 e. The summed E-state index contributed by atoms with van der Waals surface area (Å²) in [5.41, 5.74) is 0.551. The molecule has 48 heavy (non-hydrogen) atoms. The molecule has 8 nitrogen and oxygen atoms in total. The molecule has 282 valence electrons. The first-order valence-electron chi connectivity index (χ1n) is 20.1. The largest absolute Gasteiger partial charge is 0.397 e. The van der Waals surface area contributed by atoms with E-state index in [1.54, 1.807) is 0 Å². The summed E-state index contributed by atoms with van der Waals surface area (Å²) in [6.07, 6.45) is 15.3. The van der Waals surface area contributed by atoms with Crippen LogP contribution in [0, 0.1) is 58.2 Å². The van der Waals surface area contributed by atoms with Crippen molar-refractivity contribution in [3.63, 3.8) is 0 Å². The topological polar surface area (TPSA) is 120 Å². The number of aliphatic hydroxyl groups is 1. The SMILES string of the molecule is CC(C)CCNCCCCNCCCN[C@H]1CC[C@]2(C)C3CC[C@@]4(C)C(CC[C@@H]4[C@H](C)CC[C@@H](OS(=O)(=O)O)C(C)C)C3[C@H](O)C[C@H]2C1. The van der Waals surface area contributed by atoms with Crippen molar-refractivity contribution in [3.8, 4) is 0 Å². The molecule has 3 unspecified atom stereocenters. The van der Waals surface area contributed by atoms with E-state index in [1.165, 1.54) is 70.6 Å². The van der Waals surface area contributed by atoms with Crippen molar-refractivity contribution in [3.05, 3.63) is 0 Å². The van der Waals surface area contributed by atoms with Crippen molar-refractivity contribution in [2.45, 2.75) is 157 Å². The molecular formula is C39H75N3O5S. The van der Waals surface area contributed by atoms with E-state index in [0.717, 1.165) is 51.5 Å². The zero-order valence-electron chi connectivity index (χ0n) is 31.8. The van der Waals surface area contributed by atoms with Crippen LogP contribution in [0.15, 0.2) is 0 Å². The number of aliphatic hydroxyl groups excluding tert-OH is 1. The van der Waals surface area contributed by atoms with Gasteiger partial charge in [-0.1, -0.05) is 48.5 Å². The van der Waals surface area contributed by atoms with E-state index < -0.39 is 16.5 Å². The third-order valence-electron chi connectivity index (χ3n) is 14.2. The first-order chi connectivity index (χ1) is 22.7. The maximum atomic E-state index is 11.8. The second-order valence-electron chi connectivity index (χ2n) is 18.1. The van der Waals surface area contributed by atoms with Crippen molar-refractivity contribution in [1.82, 2.24) is 16.0 Å². The Bertz CT molecular complexity index is 1070. The standard InChI is InChI=1S/C39H75N3O5S/c1-27(2)17-24-41-21-9-8-20-40-22-10-23-42-31-15-18-38(6)30(25-31)26-35(43)37-33-13-12-32(39(33,7)19-16-34(37)38)29(5)11-14-36(28(3)4)47-48(44,45)46/h27-37,40-43H,8-26H2,1-7H3,(H,44,45,46)/t29-,30-,31+,32-,33?,34?,35-,36-,37?,38+,39-/m1/s1. The molecule has 9 heteroatoms. The van der Waals surface area contributed by atoms with E-state index >= 15 is 0 Å². The summed E-state index contributed by atoms with van der Waals surface area (Å²) < 4.78 is 37.2. The molecule has 4 saturated carbocycles. The molecule has 0 spiro atoms. The Labute approximate surface area is 295 Å². The Morgan fingerprint density at radius 1 is 0.771 bits per heavy atom. The van der Waals surface area contributed by atoms with Gasteiger partial charge in [-0.05, 0) is 181 Å². The highest BCUT2D eigenvalue weighted by Crippen LogP contribution is 2.68. The molecule has 5 N–H and O–H groups in total. The van der Waals surface area contributed by atoms with Crippen LogP contribution in [0.1, 0.15) is 138 Å². The second-order valence-corrected chi connectivity index (χ2v) is 19.1. The van der Waals surface area contributed by atoms with Gasteiger partial charge in [0.25, 0.3) is 0 Å². The predicted octanol–water partition coefficient (Wildman–Crippen LogP) is 7.23. The van der Waals surface area contributed by atoms with Crippen molar-refractivity contribution in [2.24, 2.45) is 58.2 Å². The highest BCUT2D eigenvalue weighted by Gasteiger charge is 2.62. The molecule has 0 amide bonds. The van der Waals surface area contributed by atoms with Gasteiger partial charge in [0.15, 0.2) is 0 Å². The molecule has 0 aliphatic heterocycles. The van der Waals surface area contributed by atoms with Gasteiger partial charge in [0, 0.05) is 6.04 Å². The Morgan fingerprint density at radius 3 is 2.08 bits per heavy atom. The van der Waals surface area contributed by atoms with Crippen molar-refractivity contribution >= 4 is 10.4 Å². The summed E-state index contributed by atoms with van der Waals surface area (Å²) in [5.74, 6) is 4.00. The van der Waals surface area contributed by atoms with Crippen LogP contribution < -0.4 is 16.0 Å². The summed E-state index contributed by atoms with van der Waals surface area (Å²) in [5, 5.41) is 22.9. The van der Waals surface area contributed by atoms with Crippen LogP contribution in [0.25, 0.3) is 0 Å². The molecule has 0 aromatic rings. The third-order valence-corrected chi connectivity index (χ3v) is 14.6. The van der Waals surface area contributed by atoms with Crippen LogP contribution in [-0.4, -0.2) is 69.1 Å². The number of rotatable bonds is 20.